The number of pyridine rings is 1. The van der Waals surface area contributed by atoms with Crippen LogP contribution < -0.4 is 9.47 Å². The molecule has 2 aromatic carbocycles. The van der Waals surface area contributed by atoms with Crippen molar-refractivity contribution in [1.82, 2.24) is 9.88 Å². The van der Waals surface area contributed by atoms with Gasteiger partial charge < -0.3 is 14.4 Å². The lowest BCUT2D eigenvalue weighted by molar-refractivity contribution is -0.129. The van der Waals surface area contributed by atoms with Gasteiger partial charge in [0.05, 0.1) is 22.3 Å². The van der Waals surface area contributed by atoms with Gasteiger partial charge in [-0.15, -0.1) is 0 Å². The number of carbonyl (C=O) groups is 1. The average Bonchev–Trinajstić information content (AvgIpc) is 3.27. The molecule has 2 aliphatic rings. The van der Waals surface area contributed by atoms with Gasteiger partial charge in [-0.25, -0.2) is 4.98 Å². The number of thioether (sulfide) groups is 1. The summed E-state index contributed by atoms with van der Waals surface area (Å²) >= 11 is 1.50. The second-order valence-electron chi connectivity index (χ2n) is 7.28. The minimum Gasteiger partial charge on any atom is -0.486 e. The molecule has 1 aromatic heterocycles. The first-order valence-corrected chi connectivity index (χ1v) is 10.9. The van der Waals surface area contributed by atoms with Crippen LogP contribution in [0.5, 0.6) is 11.5 Å². The second kappa shape index (κ2) is 7.95. The number of carbonyl (C=O) groups excluding carboxylic acids is 1. The van der Waals surface area contributed by atoms with Crippen molar-refractivity contribution < 1.29 is 14.3 Å². The van der Waals surface area contributed by atoms with Crippen molar-refractivity contribution in [2.45, 2.75) is 23.9 Å². The standard InChI is InChI=1S/C23H22N2O3S/c26-23(15-29-22-10-8-16-4-1-2-5-18(16)24-22)25-11-3-6-19(25)17-7-9-20-21(14-17)28-13-12-27-20/h1-2,4-5,7-10,14,19H,3,6,11-13,15H2/t19-/m0/s1. The van der Waals surface area contributed by atoms with Gasteiger partial charge in [0.25, 0.3) is 0 Å². The van der Waals surface area contributed by atoms with E-state index < -0.39 is 0 Å². The number of benzene rings is 2. The fourth-order valence-electron chi connectivity index (χ4n) is 4.03. The zero-order valence-electron chi connectivity index (χ0n) is 16.0. The topological polar surface area (TPSA) is 51.7 Å². The Morgan fingerprint density at radius 3 is 2.86 bits per heavy atom. The van der Waals surface area contributed by atoms with Crippen molar-refractivity contribution in [2.75, 3.05) is 25.5 Å². The van der Waals surface area contributed by atoms with Gasteiger partial charge >= 0.3 is 0 Å². The first kappa shape index (κ1) is 18.3. The number of ether oxygens (including phenoxy) is 2. The number of hydrogen-bond acceptors (Lipinski definition) is 5. The van der Waals surface area contributed by atoms with E-state index in [-0.39, 0.29) is 11.9 Å². The molecule has 0 saturated carbocycles. The third-order valence-corrected chi connectivity index (χ3v) is 6.35. The van der Waals surface area contributed by atoms with Gasteiger partial charge in [-0.3, -0.25) is 4.79 Å². The van der Waals surface area contributed by atoms with Crippen LogP contribution >= 0.6 is 11.8 Å². The zero-order valence-corrected chi connectivity index (χ0v) is 16.9. The van der Waals surface area contributed by atoms with E-state index in [0.717, 1.165) is 52.4 Å². The Bertz CT molecular complexity index is 1060. The van der Waals surface area contributed by atoms with Crippen molar-refractivity contribution in [1.29, 1.82) is 0 Å². The maximum absolute atomic E-state index is 13.0. The SMILES string of the molecule is O=C(CSc1ccc2ccccc2n1)N1CCC[C@H]1c1ccc2c(c1)OCCO2. The highest BCUT2D eigenvalue weighted by molar-refractivity contribution is 7.99. The largest absolute Gasteiger partial charge is 0.486 e. The number of hydrogen-bond donors (Lipinski definition) is 0. The van der Waals surface area contributed by atoms with Crippen LogP contribution in [0.3, 0.4) is 0 Å². The highest BCUT2D eigenvalue weighted by atomic mass is 32.2. The summed E-state index contributed by atoms with van der Waals surface area (Å²) in [5.74, 6) is 2.12. The van der Waals surface area contributed by atoms with Crippen LogP contribution in [0.15, 0.2) is 59.6 Å². The fourth-order valence-corrected chi connectivity index (χ4v) is 4.79. The van der Waals surface area contributed by atoms with Gasteiger partial charge in [-0.1, -0.05) is 42.1 Å². The minimum atomic E-state index is 0.100. The highest BCUT2D eigenvalue weighted by Crippen LogP contribution is 2.38. The molecule has 0 radical (unpaired) electrons. The van der Waals surface area contributed by atoms with Crippen molar-refractivity contribution in [3.05, 3.63) is 60.2 Å². The normalized spacial score (nSPS) is 18.2. The molecule has 0 spiro atoms. The van der Waals surface area contributed by atoms with Gasteiger partial charge in [0.15, 0.2) is 11.5 Å². The summed E-state index contributed by atoms with van der Waals surface area (Å²) in [6.07, 6.45) is 1.99. The third-order valence-electron chi connectivity index (χ3n) is 5.44. The molecule has 1 atom stereocenters. The summed E-state index contributed by atoms with van der Waals surface area (Å²) in [4.78, 5) is 19.6. The average molecular weight is 407 g/mol. The van der Waals surface area contributed by atoms with Gasteiger partial charge in [0.1, 0.15) is 13.2 Å². The fraction of sp³-hybridized carbons (Fsp3) is 0.304. The predicted molar refractivity (Wildman–Crippen MR) is 114 cm³/mol. The van der Waals surface area contributed by atoms with Crippen LogP contribution in [0.1, 0.15) is 24.4 Å². The van der Waals surface area contributed by atoms with Crippen LogP contribution in [-0.2, 0) is 4.79 Å². The summed E-state index contributed by atoms with van der Waals surface area (Å²) in [5, 5.41) is 1.99. The molecule has 5 rings (SSSR count). The molecule has 2 aliphatic heterocycles. The zero-order chi connectivity index (χ0) is 19.6. The third kappa shape index (κ3) is 3.77. The predicted octanol–water partition coefficient (Wildman–Crippen LogP) is 4.46. The van der Waals surface area contributed by atoms with Crippen molar-refractivity contribution >= 4 is 28.6 Å². The maximum Gasteiger partial charge on any atom is 0.233 e. The molecule has 0 N–H and O–H groups in total. The number of para-hydroxylation sites is 1. The number of rotatable bonds is 4. The summed E-state index contributed by atoms with van der Waals surface area (Å²) < 4.78 is 11.3. The smallest absolute Gasteiger partial charge is 0.233 e. The molecule has 1 fully saturated rings. The van der Waals surface area contributed by atoms with Crippen LogP contribution in [0.2, 0.25) is 0 Å². The van der Waals surface area contributed by atoms with E-state index in [4.69, 9.17) is 9.47 Å². The minimum absolute atomic E-state index is 0.100. The molecule has 1 saturated heterocycles. The van der Waals surface area contributed by atoms with Crippen LogP contribution in [-0.4, -0.2) is 41.3 Å². The monoisotopic (exact) mass is 406 g/mol. The van der Waals surface area contributed by atoms with E-state index in [1.165, 1.54) is 11.8 Å². The summed E-state index contributed by atoms with van der Waals surface area (Å²) in [6, 6.07) is 18.2. The lowest BCUT2D eigenvalue weighted by Crippen LogP contribution is -2.32. The molecule has 5 nitrogen and oxygen atoms in total. The molecule has 0 aliphatic carbocycles. The lowest BCUT2D eigenvalue weighted by atomic mass is 10.0. The van der Waals surface area contributed by atoms with Gasteiger partial charge in [0.2, 0.25) is 5.91 Å². The summed E-state index contributed by atoms with van der Waals surface area (Å²) in [7, 11) is 0. The Hall–Kier alpha value is -2.73. The molecule has 3 heterocycles. The maximum atomic E-state index is 13.0. The molecule has 1 amide bonds. The number of aromatic nitrogens is 1. The van der Waals surface area contributed by atoms with E-state index >= 15 is 0 Å². The van der Waals surface area contributed by atoms with E-state index in [1.54, 1.807) is 0 Å². The Morgan fingerprint density at radius 1 is 1.07 bits per heavy atom. The van der Waals surface area contributed by atoms with E-state index in [0.29, 0.717) is 19.0 Å². The summed E-state index contributed by atoms with van der Waals surface area (Å²) in [6.45, 7) is 1.95. The number of likely N-dealkylation sites (tertiary alicyclic amines) is 1. The Kier molecular flexibility index (Phi) is 5.02. The van der Waals surface area contributed by atoms with Crippen molar-refractivity contribution in [3.8, 4) is 11.5 Å². The Balaban J connectivity index is 1.28. The second-order valence-corrected chi connectivity index (χ2v) is 8.27. The highest BCUT2D eigenvalue weighted by Gasteiger charge is 2.30. The van der Waals surface area contributed by atoms with Gasteiger partial charge in [-0.2, -0.15) is 0 Å². The number of nitrogens with zero attached hydrogens (tertiary/aromatic N) is 2. The molecule has 148 valence electrons. The van der Waals surface area contributed by atoms with E-state index in [1.807, 2.05) is 47.4 Å². The molecular formula is C23H22N2O3S. The first-order valence-electron chi connectivity index (χ1n) is 9.95. The molecular weight excluding hydrogens is 384 g/mol. The molecule has 3 aromatic rings. The first-order chi connectivity index (χ1) is 14.3. The molecule has 6 heteroatoms. The lowest BCUT2D eigenvalue weighted by Gasteiger charge is -2.26. The van der Waals surface area contributed by atoms with Crippen molar-refractivity contribution in [3.63, 3.8) is 0 Å². The van der Waals surface area contributed by atoms with Gasteiger partial charge in [0, 0.05) is 11.9 Å². The Morgan fingerprint density at radius 2 is 1.93 bits per heavy atom. The number of amides is 1. The van der Waals surface area contributed by atoms with Crippen molar-refractivity contribution in [2.24, 2.45) is 0 Å². The van der Waals surface area contributed by atoms with Crippen LogP contribution in [0, 0.1) is 0 Å². The van der Waals surface area contributed by atoms with Gasteiger partial charge in [-0.05, 0) is 42.7 Å². The van der Waals surface area contributed by atoms with E-state index in [2.05, 4.69) is 17.1 Å². The molecule has 29 heavy (non-hydrogen) atoms. The van der Waals surface area contributed by atoms with E-state index in [9.17, 15) is 4.79 Å². The molecule has 0 unspecified atom stereocenters. The van der Waals surface area contributed by atoms with Crippen LogP contribution in [0.4, 0.5) is 0 Å². The Labute approximate surface area is 174 Å². The molecule has 0 bridgehead atoms. The van der Waals surface area contributed by atoms with Crippen LogP contribution in [0.25, 0.3) is 10.9 Å². The summed E-state index contributed by atoms with van der Waals surface area (Å²) in [5.41, 5.74) is 2.08. The quantitative estimate of drug-likeness (QED) is 0.599. The number of fused-ring (bicyclic) bond motifs is 2.